The molecule has 1 heterocycles. The third-order valence-corrected chi connectivity index (χ3v) is 12.3. The van der Waals surface area contributed by atoms with Gasteiger partial charge in [0.1, 0.15) is 47.7 Å². The standard InChI is InChI=1S/C50H59N3O21S/c1-7-20-66-21-18-41(59)51-39-23-33(16-17-40(39)73-47-45(72-32(4)58)43(71-31(3)57)42(70-30(2)56)44(74-47)46(60)65-5)24-69-49(62)53(19-22-75(6,63)64)29-67-28-50(26-54,27-55)52-48(61)68-25-38-36-14-10-8-12-34(36)35-13-9-11-15-37(35)38/h1,8-17,23,38,42-45,47,54-55H,18-22,24-29H2,2-6H3,(H,51,59)(H,52,61)/t42-,43-,44-,45+,47+/m0/s1. The Labute approximate surface area is 432 Å². The van der Waals surface area contributed by atoms with Crippen LogP contribution in [-0.2, 0) is 83.0 Å². The summed E-state index contributed by atoms with van der Waals surface area (Å²) < 4.78 is 79.5. The van der Waals surface area contributed by atoms with E-state index in [0.717, 1.165) is 61.3 Å². The molecule has 25 heteroatoms. The minimum Gasteiger partial charge on any atom is -0.467 e. The molecule has 5 rings (SSSR count). The number of hydrogen-bond acceptors (Lipinski definition) is 21. The molecule has 3 aromatic rings. The zero-order valence-corrected chi connectivity index (χ0v) is 42.5. The first-order chi connectivity index (χ1) is 35.7. The Hall–Kier alpha value is -7.34. The number of ether oxygens (including phenoxy) is 10. The monoisotopic (exact) mass is 1070 g/mol. The van der Waals surface area contributed by atoms with Gasteiger partial charge in [-0.2, -0.15) is 0 Å². The van der Waals surface area contributed by atoms with Crippen LogP contribution < -0.4 is 15.4 Å². The lowest BCUT2D eigenvalue weighted by atomic mass is 9.97. The van der Waals surface area contributed by atoms with E-state index in [4.69, 9.17) is 53.8 Å². The summed E-state index contributed by atoms with van der Waals surface area (Å²) in [4.78, 5) is 90.9. The Bertz CT molecular complexity index is 2640. The molecule has 3 aromatic carbocycles. The quantitative estimate of drug-likeness (QED) is 0.0310. The third kappa shape index (κ3) is 16.6. The number of carbonyl (C=O) groups excluding carboxylic acids is 7. The number of aliphatic hydroxyl groups is 2. The number of rotatable bonds is 25. The SMILES string of the molecule is C#CCOCCC(=O)Nc1cc(COC(=O)N(CCS(C)(=O)=O)COCC(CO)(CO)NC(=O)OCC2c3ccccc3-c3ccccc32)ccc1O[C@@H]1O[C@H](C(=O)OC)[C@@H](OC(C)=O)[C@H](OC(C)=O)[C@H]1OC(C)=O. The van der Waals surface area contributed by atoms with E-state index >= 15 is 0 Å². The van der Waals surface area contributed by atoms with Crippen LogP contribution in [0.15, 0.2) is 66.7 Å². The zero-order valence-electron chi connectivity index (χ0n) is 41.7. The molecule has 1 fully saturated rings. The molecule has 1 saturated heterocycles. The van der Waals surface area contributed by atoms with Crippen LogP contribution >= 0.6 is 0 Å². The fourth-order valence-corrected chi connectivity index (χ4v) is 8.41. The number of fused-ring (bicyclic) bond motifs is 3. The number of hydrogen-bond donors (Lipinski definition) is 4. The highest BCUT2D eigenvalue weighted by Gasteiger charge is 2.56. The van der Waals surface area contributed by atoms with Gasteiger partial charge in [0.15, 0.2) is 18.3 Å². The Morgan fingerprint density at radius 3 is 2.03 bits per heavy atom. The molecule has 0 saturated carbocycles. The van der Waals surface area contributed by atoms with E-state index in [2.05, 4.69) is 16.6 Å². The van der Waals surface area contributed by atoms with Gasteiger partial charge in [-0.25, -0.2) is 22.8 Å². The number of nitrogens with zero attached hydrogens (tertiary/aromatic N) is 1. The first-order valence-electron chi connectivity index (χ1n) is 23.1. The van der Waals surface area contributed by atoms with Gasteiger partial charge < -0.3 is 68.2 Å². The predicted octanol–water partition coefficient (Wildman–Crippen LogP) is 1.96. The van der Waals surface area contributed by atoms with Gasteiger partial charge >= 0.3 is 36.1 Å². The van der Waals surface area contributed by atoms with Crippen molar-refractivity contribution in [1.82, 2.24) is 10.2 Å². The van der Waals surface area contributed by atoms with Crippen molar-refractivity contribution in [3.8, 4) is 29.2 Å². The molecule has 0 unspecified atom stereocenters. The highest BCUT2D eigenvalue weighted by Crippen LogP contribution is 2.44. The molecule has 0 aromatic heterocycles. The molecule has 1 aliphatic carbocycles. The van der Waals surface area contributed by atoms with Gasteiger partial charge in [-0.1, -0.05) is 60.5 Å². The molecule has 0 spiro atoms. The van der Waals surface area contributed by atoms with Gasteiger partial charge in [0, 0.05) is 39.5 Å². The van der Waals surface area contributed by atoms with Gasteiger partial charge in [0.05, 0.1) is 51.4 Å². The van der Waals surface area contributed by atoms with E-state index < -0.39 is 134 Å². The summed E-state index contributed by atoms with van der Waals surface area (Å²) in [6, 6.07) is 19.3. The summed E-state index contributed by atoms with van der Waals surface area (Å²) >= 11 is 0. The molecule has 2 aliphatic rings. The average Bonchev–Trinajstić information content (AvgIpc) is 3.69. The molecular formula is C50H59N3O21S. The Morgan fingerprint density at radius 1 is 0.827 bits per heavy atom. The number of alkyl carbamates (subject to hydrolysis) is 1. The van der Waals surface area contributed by atoms with Crippen LogP contribution in [0.3, 0.4) is 0 Å². The predicted molar refractivity (Wildman–Crippen MR) is 260 cm³/mol. The average molecular weight is 1070 g/mol. The largest absolute Gasteiger partial charge is 0.467 e. The molecule has 75 heavy (non-hydrogen) atoms. The van der Waals surface area contributed by atoms with Gasteiger partial charge in [-0.05, 0) is 39.9 Å². The summed E-state index contributed by atoms with van der Waals surface area (Å²) in [6.07, 6.45) is -4.93. The van der Waals surface area contributed by atoms with E-state index in [1.807, 2.05) is 48.5 Å². The molecule has 3 amide bonds. The lowest BCUT2D eigenvalue weighted by molar-refractivity contribution is -0.282. The number of nitrogens with one attached hydrogen (secondary N) is 2. The van der Waals surface area contributed by atoms with Crippen LogP contribution in [-0.4, -0.2) is 174 Å². The van der Waals surface area contributed by atoms with Crippen molar-refractivity contribution in [3.05, 3.63) is 83.4 Å². The summed E-state index contributed by atoms with van der Waals surface area (Å²) in [5.41, 5.74) is 2.14. The van der Waals surface area contributed by atoms with Crippen LogP contribution in [0.4, 0.5) is 15.3 Å². The van der Waals surface area contributed by atoms with Gasteiger partial charge in [0.2, 0.25) is 18.3 Å². The van der Waals surface area contributed by atoms with Crippen molar-refractivity contribution in [3.63, 3.8) is 0 Å². The third-order valence-electron chi connectivity index (χ3n) is 11.3. The first-order valence-corrected chi connectivity index (χ1v) is 25.2. The fourth-order valence-electron chi connectivity index (χ4n) is 7.86. The van der Waals surface area contributed by atoms with Crippen LogP contribution in [0.1, 0.15) is 49.8 Å². The molecule has 406 valence electrons. The van der Waals surface area contributed by atoms with Crippen molar-refractivity contribution in [2.24, 2.45) is 0 Å². The number of terminal acetylenes is 1. The summed E-state index contributed by atoms with van der Waals surface area (Å²) in [5.74, 6) is -3.34. The van der Waals surface area contributed by atoms with E-state index in [-0.39, 0.29) is 49.2 Å². The molecule has 24 nitrogen and oxygen atoms in total. The molecule has 1 aliphatic heterocycles. The molecule has 0 radical (unpaired) electrons. The Kier molecular flexibility index (Phi) is 21.3. The second-order valence-corrected chi connectivity index (χ2v) is 19.4. The van der Waals surface area contributed by atoms with Crippen molar-refractivity contribution in [2.75, 3.05) is 77.4 Å². The van der Waals surface area contributed by atoms with E-state index in [0.29, 0.717) is 0 Å². The number of sulfone groups is 1. The van der Waals surface area contributed by atoms with Gasteiger partial charge in [-0.15, -0.1) is 6.42 Å². The number of aliphatic hydroxyl groups excluding tert-OH is 2. The zero-order chi connectivity index (χ0) is 54.9. The minimum absolute atomic E-state index is 0.0785. The van der Waals surface area contributed by atoms with Crippen molar-refractivity contribution in [2.45, 2.75) is 76.0 Å². The summed E-state index contributed by atoms with van der Waals surface area (Å²) in [6.45, 7) is -1.20. The topological polar surface area (TPSA) is 314 Å². The van der Waals surface area contributed by atoms with Crippen LogP contribution in [0.5, 0.6) is 5.75 Å². The summed E-state index contributed by atoms with van der Waals surface area (Å²) in [5, 5.41) is 25.8. The van der Waals surface area contributed by atoms with Crippen molar-refractivity contribution < 1.29 is 99.6 Å². The highest BCUT2D eigenvalue weighted by molar-refractivity contribution is 7.90. The first kappa shape index (κ1) is 58.5. The van der Waals surface area contributed by atoms with E-state index in [1.54, 1.807) is 0 Å². The lowest BCUT2D eigenvalue weighted by Gasteiger charge is -2.43. The lowest BCUT2D eigenvalue weighted by Crippen LogP contribution is -2.64. The highest BCUT2D eigenvalue weighted by atomic mass is 32.2. The molecule has 4 N–H and O–H groups in total. The van der Waals surface area contributed by atoms with E-state index in [1.165, 1.54) is 18.2 Å². The minimum atomic E-state index is -3.67. The number of anilines is 1. The Morgan fingerprint density at radius 2 is 1.44 bits per heavy atom. The van der Waals surface area contributed by atoms with Crippen molar-refractivity contribution in [1.29, 1.82) is 0 Å². The number of esters is 4. The maximum absolute atomic E-state index is 13.6. The maximum Gasteiger partial charge on any atom is 0.411 e. The van der Waals surface area contributed by atoms with Gasteiger partial charge in [0.25, 0.3) is 0 Å². The van der Waals surface area contributed by atoms with Crippen LogP contribution in [0.2, 0.25) is 0 Å². The van der Waals surface area contributed by atoms with Crippen LogP contribution in [0.25, 0.3) is 11.1 Å². The number of benzene rings is 3. The number of carbonyl (C=O) groups is 7. The second kappa shape index (κ2) is 27.3. The van der Waals surface area contributed by atoms with Crippen LogP contribution in [0, 0.1) is 12.3 Å². The normalized spacial score (nSPS) is 17.9. The number of amides is 3. The molecule has 5 atom stereocenters. The van der Waals surface area contributed by atoms with Gasteiger partial charge in [-0.3, -0.25) is 24.1 Å². The maximum atomic E-state index is 13.6. The molecular weight excluding hydrogens is 1010 g/mol. The second-order valence-electron chi connectivity index (χ2n) is 17.1. The van der Waals surface area contributed by atoms with Crippen molar-refractivity contribution >= 4 is 57.5 Å². The van der Waals surface area contributed by atoms with E-state index in [9.17, 15) is 52.2 Å². The fraction of sp³-hybridized carbons (Fsp3) is 0.460. The summed E-state index contributed by atoms with van der Waals surface area (Å²) in [7, 11) is -2.67. The Balaban J connectivity index is 1.33. The molecule has 0 bridgehead atoms. The number of methoxy groups -OCH3 is 1. The smallest absolute Gasteiger partial charge is 0.411 e.